The molecular weight excluding hydrogens is 281 g/mol. The van der Waals surface area contributed by atoms with E-state index in [1.165, 1.54) is 4.90 Å². The van der Waals surface area contributed by atoms with E-state index < -0.39 is 17.6 Å². The molecule has 1 aliphatic heterocycles. The van der Waals surface area contributed by atoms with Crippen LogP contribution in [0.2, 0.25) is 0 Å². The molecule has 1 amide bonds. The molecule has 0 aromatic rings. The molecule has 1 aliphatic rings. The van der Waals surface area contributed by atoms with Crippen LogP contribution >= 0.6 is 12.4 Å². The molecule has 0 saturated carbocycles. The van der Waals surface area contributed by atoms with Crippen LogP contribution < -0.4 is 5.73 Å². The van der Waals surface area contributed by atoms with E-state index in [9.17, 15) is 18.0 Å². The molecular formula is C12H22ClF3N2O. The minimum atomic E-state index is -4.15. The van der Waals surface area contributed by atoms with E-state index in [1.54, 1.807) is 6.92 Å². The zero-order chi connectivity index (χ0) is 14.0. The SMILES string of the molecule is CCCC(C)(N)C(=O)N1CCC(C(F)(F)F)CC1.Cl. The number of hydrogen-bond acceptors (Lipinski definition) is 2. The molecule has 1 rings (SSSR count). The Morgan fingerprint density at radius 1 is 1.32 bits per heavy atom. The fourth-order valence-corrected chi connectivity index (χ4v) is 2.40. The minimum absolute atomic E-state index is 0. The second kappa shape index (κ2) is 6.79. The Labute approximate surface area is 118 Å². The average molecular weight is 303 g/mol. The van der Waals surface area contributed by atoms with Crippen molar-refractivity contribution in [1.29, 1.82) is 0 Å². The lowest BCUT2D eigenvalue weighted by molar-refractivity contribution is -0.187. The third-order valence-electron chi connectivity index (χ3n) is 3.50. The van der Waals surface area contributed by atoms with Gasteiger partial charge in [0.1, 0.15) is 0 Å². The average Bonchev–Trinajstić information content (AvgIpc) is 2.27. The number of piperidine rings is 1. The summed E-state index contributed by atoms with van der Waals surface area (Å²) in [5.41, 5.74) is 4.95. The largest absolute Gasteiger partial charge is 0.391 e. The molecule has 0 aliphatic carbocycles. The zero-order valence-corrected chi connectivity index (χ0v) is 12.1. The van der Waals surface area contributed by atoms with Crippen molar-refractivity contribution in [2.75, 3.05) is 13.1 Å². The lowest BCUT2D eigenvalue weighted by Crippen LogP contribution is -2.55. The lowest BCUT2D eigenvalue weighted by Gasteiger charge is -2.37. The van der Waals surface area contributed by atoms with Crippen molar-refractivity contribution in [2.45, 2.75) is 51.2 Å². The highest BCUT2D eigenvalue weighted by molar-refractivity contribution is 5.86. The highest BCUT2D eigenvalue weighted by Gasteiger charge is 2.43. The number of nitrogens with two attached hydrogens (primary N) is 1. The van der Waals surface area contributed by atoms with Gasteiger partial charge in [-0.25, -0.2) is 0 Å². The fraction of sp³-hybridized carbons (Fsp3) is 0.917. The Hall–Kier alpha value is -0.490. The van der Waals surface area contributed by atoms with E-state index in [0.717, 1.165) is 6.42 Å². The van der Waals surface area contributed by atoms with E-state index in [1.807, 2.05) is 6.92 Å². The summed E-state index contributed by atoms with van der Waals surface area (Å²) in [5, 5.41) is 0. The number of amides is 1. The molecule has 0 aromatic heterocycles. The number of likely N-dealkylation sites (tertiary alicyclic amines) is 1. The van der Waals surface area contributed by atoms with Gasteiger partial charge in [0, 0.05) is 13.1 Å². The van der Waals surface area contributed by atoms with Crippen LogP contribution in [0.1, 0.15) is 39.5 Å². The fourth-order valence-electron chi connectivity index (χ4n) is 2.40. The Bertz CT molecular complexity index is 300. The number of halogens is 4. The first-order valence-electron chi connectivity index (χ1n) is 6.33. The Morgan fingerprint density at radius 3 is 2.16 bits per heavy atom. The summed E-state index contributed by atoms with van der Waals surface area (Å²) in [7, 11) is 0. The van der Waals surface area contributed by atoms with Gasteiger partial charge in [-0.3, -0.25) is 4.79 Å². The van der Waals surface area contributed by atoms with Crippen LogP contribution in [0.4, 0.5) is 13.2 Å². The Kier molecular flexibility index (Phi) is 6.62. The van der Waals surface area contributed by atoms with Crippen LogP contribution in [0.15, 0.2) is 0 Å². The molecule has 0 spiro atoms. The second-order valence-electron chi connectivity index (χ2n) is 5.28. The van der Waals surface area contributed by atoms with Crippen LogP contribution in [0.3, 0.4) is 0 Å². The van der Waals surface area contributed by atoms with Crippen molar-refractivity contribution in [3.8, 4) is 0 Å². The standard InChI is InChI=1S/C12H21F3N2O.ClH/c1-3-6-11(2,16)10(18)17-7-4-9(5-8-17)12(13,14)15;/h9H,3-8,16H2,1-2H3;1H. The monoisotopic (exact) mass is 302 g/mol. The van der Waals surface area contributed by atoms with Gasteiger partial charge in [-0.1, -0.05) is 13.3 Å². The number of carbonyl (C=O) groups excluding carboxylic acids is 1. The van der Waals surface area contributed by atoms with Crippen molar-refractivity contribution in [3.63, 3.8) is 0 Å². The summed E-state index contributed by atoms with van der Waals surface area (Å²) < 4.78 is 37.5. The third-order valence-corrected chi connectivity index (χ3v) is 3.50. The molecule has 7 heteroatoms. The summed E-state index contributed by atoms with van der Waals surface area (Å²) in [6.45, 7) is 3.88. The normalized spacial score (nSPS) is 20.6. The van der Waals surface area contributed by atoms with Gasteiger partial charge in [-0.05, 0) is 26.2 Å². The van der Waals surface area contributed by atoms with Crippen molar-refractivity contribution < 1.29 is 18.0 Å². The van der Waals surface area contributed by atoms with Gasteiger partial charge >= 0.3 is 6.18 Å². The molecule has 1 atom stereocenters. The first-order chi connectivity index (χ1) is 8.18. The summed E-state index contributed by atoms with van der Waals surface area (Å²) in [6.07, 6.45) is -2.86. The maximum atomic E-state index is 12.5. The van der Waals surface area contributed by atoms with Crippen LogP contribution in [0.5, 0.6) is 0 Å². The smallest absolute Gasteiger partial charge is 0.341 e. The van der Waals surface area contributed by atoms with Gasteiger partial charge in [0.2, 0.25) is 5.91 Å². The van der Waals surface area contributed by atoms with Gasteiger partial charge in [-0.15, -0.1) is 12.4 Å². The topological polar surface area (TPSA) is 46.3 Å². The minimum Gasteiger partial charge on any atom is -0.341 e. The molecule has 3 nitrogen and oxygen atoms in total. The van der Waals surface area contributed by atoms with Crippen molar-refractivity contribution in [2.24, 2.45) is 11.7 Å². The molecule has 1 fully saturated rings. The van der Waals surface area contributed by atoms with Gasteiger partial charge in [0.25, 0.3) is 0 Å². The highest BCUT2D eigenvalue weighted by Crippen LogP contribution is 2.34. The van der Waals surface area contributed by atoms with Gasteiger partial charge in [-0.2, -0.15) is 13.2 Å². The van der Waals surface area contributed by atoms with E-state index in [-0.39, 0.29) is 44.2 Å². The van der Waals surface area contributed by atoms with Crippen LogP contribution in [0, 0.1) is 5.92 Å². The van der Waals surface area contributed by atoms with E-state index in [4.69, 9.17) is 5.73 Å². The van der Waals surface area contributed by atoms with E-state index in [2.05, 4.69) is 0 Å². The van der Waals surface area contributed by atoms with Gasteiger partial charge < -0.3 is 10.6 Å². The molecule has 1 unspecified atom stereocenters. The molecule has 114 valence electrons. The van der Waals surface area contributed by atoms with Crippen LogP contribution in [-0.2, 0) is 4.79 Å². The predicted molar refractivity (Wildman–Crippen MR) is 70.1 cm³/mol. The van der Waals surface area contributed by atoms with Crippen LogP contribution in [-0.4, -0.2) is 35.6 Å². The summed E-state index contributed by atoms with van der Waals surface area (Å²) in [6, 6.07) is 0. The molecule has 0 radical (unpaired) electrons. The number of carbonyl (C=O) groups is 1. The first kappa shape index (κ1) is 18.5. The quantitative estimate of drug-likeness (QED) is 0.871. The predicted octanol–water partition coefficient (Wildman–Crippen LogP) is 2.73. The number of alkyl halides is 3. The van der Waals surface area contributed by atoms with Crippen LogP contribution in [0.25, 0.3) is 0 Å². The maximum Gasteiger partial charge on any atom is 0.391 e. The molecule has 1 heterocycles. The lowest BCUT2D eigenvalue weighted by atomic mass is 9.91. The van der Waals surface area contributed by atoms with Crippen molar-refractivity contribution >= 4 is 18.3 Å². The highest BCUT2D eigenvalue weighted by atomic mass is 35.5. The zero-order valence-electron chi connectivity index (χ0n) is 11.3. The number of hydrogen-bond donors (Lipinski definition) is 1. The molecule has 0 aromatic carbocycles. The third kappa shape index (κ3) is 4.84. The van der Waals surface area contributed by atoms with Crippen molar-refractivity contribution in [1.82, 2.24) is 4.90 Å². The molecule has 19 heavy (non-hydrogen) atoms. The van der Waals surface area contributed by atoms with E-state index in [0.29, 0.717) is 6.42 Å². The Morgan fingerprint density at radius 2 is 1.79 bits per heavy atom. The first-order valence-corrected chi connectivity index (χ1v) is 6.33. The van der Waals surface area contributed by atoms with Gasteiger partial charge in [0.15, 0.2) is 0 Å². The second-order valence-corrected chi connectivity index (χ2v) is 5.28. The number of nitrogens with zero attached hydrogens (tertiary/aromatic N) is 1. The summed E-state index contributed by atoms with van der Waals surface area (Å²) in [5.74, 6) is -1.51. The Balaban J connectivity index is 0.00000324. The molecule has 1 saturated heterocycles. The molecule has 2 N–H and O–H groups in total. The summed E-state index contributed by atoms with van der Waals surface area (Å²) in [4.78, 5) is 13.6. The maximum absolute atomic E-state index is 12.5. The summed E-state index contributed by atoms with van der Waals surface area (Å²) >= 11 is 0. The van der Waals surface area contributed by atoms with Gasteiger partial charge in [0.05, 0.1) is 11.5 Å². The molecule has 0 bridgehead atoms. The number of rotatable bonds is 3. The van der Waals surface area contributed by atoms with E-state index >= 15 is 0 Å². The van der Waals surface area contributed by atoms with Crippen molar-refractivity contribution in [3.05, 3.63) is 0 Å².